The van der Waals surface area contributed by atoms with Crippen LogP contribution < -0.4 is 5.32 Å². The number of halogens is 2. The van der Waals surface area contributed by atoms with Gasteiger partial charge in [0.15, 0.2) is 11.8 Å². The van der Waals surface area contributed by atoms with Gasteiger partial charge in [-0.3, -0.25) is 4.79 Å². The number of hydrogen-bond donors (Lipinski definition) is 4. The number of carbonyl (C=O) groups excluding carboxylic acids is 1. The second-order valence-electron chi connectivity index (χ2n) is 6.81. The molecule has 3 rings (SSSR count). The number of carbonyl (C=O) groups is 2. The van der Waals surface area contributed by atoms with E-state index in [9.17, 15) is 19.9 Å². The van der Waals surface area contributed by atoms with Gasteiger partial charge in [-0.1, -0.05) is 52.3 Å². The molecular weight excluding hydrogens is 447 g/mol. The molecule has 1 amide bonds. The van der Waals surface area contributed by atoms with Crippen LogP contribution in [0.4, 0.5) is 0 Å². The highest BCUT2D eigenvalue weighted by Gasteiger charge is 2.23. The van der Waals surface area contributed by atoms with Crippen LogP contribution >= 0.6 is 23.2 Å². The van der Waals surface area contributed by atoms with Crippen molar-refractivity contribution in [1.29, 1.82) is 0 Å². The maximum absolute atomic E-state index is 12.3. The molecule has 11 heteroatoms. The lowest BCUT2D eigenvalue weighted by Crippen LogP contribution is -2.40. The van der Waals surface area contributed by atoms with Gasteiger partial charge >= 0.3 is 5.97 Å². The van der Waals surface area contributed by atoms with Crippen LogP contribution in [0.25, 0.3) is 11.1 Å². The van der Waals surface area contributed by atoms with E-state index in [1.54, 1.807) is 18.2 Å². The minimum Gasteiger partial charge on any atom is -0.479 e. The average Bonchev–Trinajstić information content (AvgIpc) is 3.17. The maximum Gasteiger partial charge on any atom is 0.332 e. The fraction of sp³-hybridized carbons (Fsp3) is 0.200. The molecule has 0 bridgehead atoms. The minimum absolute atomic E-state index is 0.150. The van der Waals surface area contributed by atoms with E-state index in [0.717, 1.165) is 22.9 Å². The number of aliphatic hydroxyl groups is 1. The Morgan fingerprint density at radius 3 is 2.45 bits per heavy atom. The molecule has 31 heavy (non-hydrogen) atoms. The summed E-state index contributed by atoms with van der Waals surface area (Å²) in [7, 11) is 0. The number of aromatic nitrogens is 3. The number of amides is 1. The lowest BCUT2D eigenvalue weighted by molar-refractivity contribution is -0.147. The van der Waals surface area contributed by atoms with Crippen molar-refractivity contribution in [2.75, 3.05) is 0 Å². The molecule has 2 unspecified atom stereocenters. The quantitative estimate of drug-likeness (QED) is 0.376. The van der Waals surface area contributed by atoms with Crippen LogP contribution in [-0.2, 0) is 11.2 Å². The second-order valence-corrected chi connectivity index (χ2v) is 7.65. The Morgan fingerprint density at radius 1 is 1.13 bits per heavy atom. The standard InChI is InChI=1S/C20H18Cl2N4O5/c21-13-5-6-16(22)15(8-13)12-3-1-11(2-4-12)7-14(9-18(27)20(29)30)23-19(28)17-10-26(31)25-24-17/h1-6,8,10,14,18,27,31H,7,9H2,(H,23,28)(H,29,30). The molecule has 4 N–H and O–H groups in total. The molecule has 0 saturated carbocycles. The van der Waals surface area contributed by atoms with E-state index >= 15 is 0 Å². The van der Waals surface area contributed by atoms with Gasteiger partial charge in [0.25, 0.3) is 5.91 Å². The third-order valence-electron chi connectivity index (χ3n) is 4.52. The first-order chi connectivity index (χ1) is 14.7. The zero-order valence-electron chi connectivity index (χ0n) is 15.9. The fourth-order valence-electron chi connectivity index (χ4n) is 3.01. The molecule has 0 aliphatic heterocycles. The minimum atomic E-state index is -1.66. The predicted molar refractivity (Wildman–Crippen MR) is 112 cm³/mol. The SMILES string of the molecule is O=C(NC(Cc1ccc(-c2cc(Cl)ccc2Cl)cc1)CC(O)C(=O)O)c1cn(O)nn1. The van der Waals surface area contributed by atoms with E-state index in [2.05, 4.69) is 15.6 Å². The molecule has 0 saturated heterocycles. The van der Waals surface area contributed by atoms with Gasteiger partial charge < -0.3 is 20.7 Å². The third-order valence-corrected chi connectivity index (χ3v) is 5.08. The third kappa shape index (κ3) is 5.94. The van der Waals surface area contributed by atoms with E-state index in [1.165, 1.54) is 0 Å². The van der Waals surface area contributed by atoms with Crippen molar-refractivity contribution in [3.63, 3.8) is 0 Å². The summed E-state index contributed by atoms with van der Waals surface area (Å²) in [6.07, 6.45) is -0.643. The Kier molecular flexibility index (Phi) is 7.11. The van der Waals surface area contributed by atoms with Gasteiger partial charge in [-0.25, -0.2) is 4.79 Å². The van der Waals surface area contributed by atoms with Crippen LogP contribution in [0.3, 0.4) is 0 Å². The van der Waals surface area contributed by atoms with Crippen molar-refractivity contribution in [2.45, 2.75) is 25.0 Å². The van der Waals surface area contributed by atoms with Gasteiger partial charge in [0.2, 0.25) is 0 Å². The summed E-state index contributed by atoms with van der Waals surface area (Å²) in [4.78, 5) is 23.8. The van der Waals surface area contributed by atoms with E-state index in [-0.39, 0.29) is 18.5 Å². The van der Waals surface area contributed by atoms with Gasteiger partial charge in [0.1, 0.15) is 0 Å². The molecule has 0 spiro atoms. The number of benzene rings is 2. The molecule has 2 atom stereocenters. The van der Waals surface area contributed by atoms with Gasteiger partial charge in [-0.2, -0.15) is 0 Å². The molecule has 162 valence electrons. The van der Waals surface area contributed by atoms with Gasteiger partial charge in [-0.15, -0.1) is 5.10 Å². The first-order valence-corrected chi connectivity index (χ1v) is 9.86. The highest BCUT2D eigenvalue weighted by Crippen LogP contribution is 2.30. The summed E-state index contributed by atoms with van der Waals surface area (Å²) in [6, 6.07) is 11.7. The Bertz CT molecular complexity index is 1090. The Labute approximate surface area is 186 Å². The summed E-state index contributed by atoms with van der Waals surface area (Å²) >= 11 is 12.3. The molecule has 0 aliphatic rings. The van der Waals surface area contributed by atoms with E-state index in [4.69, 9.17) is 28.3 Å². The smallest absolute Gasteiger partial charge is 0.332 e. The average molecular weight is 465 g/mol. The molecule has 9 nitrogen and oxygen atoms in total. The molecule has 1 heterocycles. The zero-order valence-corrected chi connectivity index (χ0v) is 17.5. The van der Waals surface area contributed by atoms with Crippen molar-refractivity contribution in [1.82, 2.24) is 20.5 Å². The lowest BCUT2D eigenvalue weighted by atomic mass is 9.97. The van der Waals surface area contributed by atoms with Crippen LogP contribution in [0.2, 0.25) is 10.0 Å². The number of carboxylic acid groups (broad SMARTS) is 1. The van der Waals surface area contributed by atoms with E-state index in [0.29, 0.717) is 14.9 Å². The van der Waals surface area contributed by atoms with Crippen LogP contribution in [-0.4, -0.2) is 54.6 Å². The highest BCUT2D eigenvalue weighted by molar-refractivity contribution is 6.35. The zero-order chi connectivity index (χ0) is 22.5. The first-order valence-electron chi connectivity index (χ1n) is 9.10. The number of rotatable bonds is 8. The number of hydrogen-bond acceptors (Lipinski definition) is 6. The van der Waals surface area contributed by atoms with Crippen molar-refractivity contribution in [2.24, 2.45) is 0 Å². The van der Waals surface area contributed by atoms with Crippen molar-refractivity contribution < 1.29 is 25.0 Å². The molecule has 3 aromatic rings. The summed E-state index contributed by atoms with van der Waals surface area (Å²) in [6.45, 7) is 0. The first kappa shape index (κ1) is 22.5. The molecule has 0 fully saturated rings. The van der Waals surface area contributed by atoms with Gasteiger partial charge in [-0.05, 0) is 41.0 Å². The Hall–Kier alpha value is -3.14. The summed E-state index contributed by atoms with van der Waals surface area (Å²) < 4.78 is 0. The van der Waals surface area contributed by atoms with Crippen LogP contribution in [0, 0.1) is 0 Å². The van der Waals surface area contributed by atoms with Crippen LogP contribution in [0.5, 0.6) is 0 Å². The fourth-order valence-corrected chi connectivity index (χ4v) is 3.40. The molecule has 0 aliphatic carbocycles. The highest BCUT2D eigenvalue weighted by atomic mass is 35.5. The van der Waals surface area contributed by atoms with Crippen molar-refractivity contribution in [3.8, 4) is 11.1 Å². The summed E-state index contributed by atoms with van der Waals surface area (Å²) in [5.41, 5.74) is 2.24. The Balaban J connectivity index is 1.77. The second kappa shape index (κ2) is 9.78. The van der Waals surface area contributed by atoms with Gasteiger partial charge in [0.05, 0.1) is 6.20 Å². The number of aliphatic carboxylic acids is 1. The monoisotopic (exact) mass is 464 g/mol. The number of carboxylic acids is 1. The molecule has 2 aromatic carbocycles. The normalized spacial score (nSPS) is 12.9. The number of nitrogens with one attached hydrogen (secondary N) is 1. The lowest BCUT2D eigenvalue weighted by Gasteiger charge is -2.20. The van der Waals surface area contributed by atoms with Crippen LogP contribution in [0.15, 0.2) is 48.7 Å². The van der Waals surface area contributed by atoms with E-state index < -0.39 is 24.0 Å². The number of nitrogens with zero attached hydrogens (tertiary/aromatic N) is 3. The van der Waals surface area contributed by atoms with Gasteiger partial charge in [0, 0.05) is 28.1 Å². The van der Waals surface area contributed by atoms with E-state index in [1.807, 2.05) is 24.3 Å². The van der Waals surface area contributed by atoms with Crippen molar-refractivity contribution >= 4 is 35.1 Å². The maximum atomic E-state index is 12.3. The predicted octanol–water partition coefficient (Wildman–Crippen LogP) is 2.67. The molecule has 0 radical (unpaired) electrons. The Morgan fingerprint density at radius 2 is 1.84 bits per heavy atom. The van der Waals surface area contributed by atoms with Crippen molar-refractivity contribution in [3.05, 3.63) is 70.0 Å². The summed E-state index contributed by atoms with van der Waals surface area (Å²) in [5.74, 6) is -2.06. The molecular formula is C20H18Cl2N4O5. The topological polar surface area (TPSA) is 138 Å². The largest absolute Gasteiger partial charge is 0.479 e. The molecule has 1 aromatic heterocycles. The summed E-state index contributed by atoms with van der Waals surface area (Å²) in [5, 5.41) is 38.4. The number of aliphatic hydroxyl groups excluding tert-OH is 1. The van der Waals surface area contributed by atoms with Crippen LogP contribution in [0.1, 0.15) is 22.5 Å².